The lowest BCUT2D eigenvalue weighted by Crippen LogP contribution is -2.50. The standard InChI is InChI=1S/C27H25N3O3S/c1-17-7-6-8-20(14-17)30-25(32)16-34-27(30)21-9-4-5-10-23(21)29(26(27)33)15-24(31)28-22-12-11-18(2)13-19(22)3/h4-14H,15-16H2,1-3H3,(H,28,31)/t27-/m1/s1. The maximum absolute atomic E-state index is 14.0. The smallest absolute Gasteiger partial charge is 0.269 e. The fraction of sp³-hybridized carbons (Fsp3) is 0.222. The molecule has 1 atom stereocenters. The van der Waals surface area contributed by atoms with Gasteiger partial charge in [-0.3, -0.25) is 24.2 Å². The summed E-state index contributed by atoms with van der Waals surface area (Å²) in [5, 5.41) is 2.93. The van der Waals surface area contributed by atoms with Gasteiger partial charge < -0.3 is 5.32 Å². The zero-order valence-corrected chi connectivity index (χ0v) is 20.1. The monoisotopic (exact) mass is 471 g/mol. The molecule has 2 aliphatic rings. The molecule has 1 spiro atoms. The van der Waals surface area contributed by atoms with E-state index in [0.29, 0.717) is 11.4 Å². The number of rotatable bonds is 4. The number of hydrogen-bond acceptors (Lipinski definition) is 4. The second-order valence-electron chi connectivity index (χ2n) is 8.78. The number of anilines is 3. The highest BCUT2D eigenvalue weighted by Crippen LogP contribution is 2.55. The normalized spacial score (nSPS) is 19.1. The molecule has 5 rings (SSSR count). The number of nitrogens with one attached hydrogen (secondary N) is 1. The Morgan fingerprint density at radius 1 is 0.971 bits per heavy atom. The molecule has 172 valence electrons. The van der Waals surface area contributed by atoms with Gasteiger partial charge >= 0.3 is 0 Å². The quantitative estimate of drug-likeness (QED) is 0.607. The van der Waals surface area contributed by atoms with Crippen LogP contribution < -0.4 is 15.1 Å². The first kappa shape index (κ1) is 22.2. The summed E-state index contributed by atoms with van der Waals surface area (Å²) in [4.78, 5) is 42.0. The van der Waals surface area contributed by atoms with E-state index in [1.54, 1.807) is 4.90 Å². The fourth-order valence-corrected chi connectivity index (χ4v) is 6.13. The van der Waals surface area contributed by atoms with Crippen LogP contribution in [0.25, 0.3) is 0 Å². The largest absolute Gasteiger partial charge is 0.324 e. The van der Waals surface area contributed by atoms with E-state index in [4.69, 9.17) is 0 Å². The topological polar surface area (TPSA) is 69.7 Å². The molecule has 7 heteroatoms. The number of thioether (sulfide) groups is 1. The molecule has 0 saturated carbocycles. The molecular weight excluding hydrogens is 446 g/mol. The third-order valence-corrected chi connectivity index (χ3v) is 7.67. The van der Waals surface area contributed by atoms with Crippen molar-refractivity contribution in [1.82, 2.24) is 0 Å². The van der Waals surface area contributed by atoms with Crippen LogP contribution in [-0.4, -0.2) is 30.0 Å². The summed E-state index contributed by atoms with van der Waals surface area (Å²) in [6, 6.07) is 20.8. The van der Waals surface area contributed by atoms with Crippen LogP contribution in [0.5, 0.6) is 0 Å². The van der Waals surface area contributed by atoms with E-state index in [-0.39, 0.29) is 30.0 Å². The summed E-state index contributed by atoms with van der Waals surface area (Å²) in [5.41, 5.74) is 5.86. The highest BCUT2D eigenvalue weighted by molar-refractivity contribution is 8.02. The lowest BCUT2D eigenvalue weighted by Gasteiger charge is -2.33. The molecule has 3 aromatic rings. The molecule has 6 nitrogen and oxygen atoms in total. The highest BCUT2D eigenvalue weighted by Gasteiger charge is 2.61. The number of para-hydroxylation sites is 1. The highest BCUT2D eigenvalue weighted by atomic mass is 32.2. The van der Waals surface area contributed by atoms with Crippen LogP contribution in [0.1, 0.15) is 22.3 Å². The maximum Gasteiger partial charge on any atom is 0.269 e. The maximum atomic E-state index is 14.0. The summed E-state index contributed by atoms with van der Waals surface area (Å²) in [5.74, 6) is -0.498. The number of amides is 3. The van der Waals surface area contributed by atoms with Crippen molar-refractivity contribution >= 4 is 46.5 Å². The molecule has 0 bridgehead atoms. The Balaban J connectivity index is 1.51. The van der Waals surface area contributed by atoms with Gasteiger partial charge in [-0.1, -0.05) is 48.0 Å². The number of carbonyl (C=O) groups is 3. The minimum atomic E-state index is -1.22. The predicted octanol–water partition coefficient (Wildman–Crippen LogP) is 4.53. The van der Waals surface area contributed by atoms with Gasteiger partial charge in [0.2, 0.25) is 16.7 Å². The van der Waals surface area contributed by atoms with E-state index in [2.05, 4.69) is 5.32 Å². The summed E-state index contributed by atoms with van der Waals surface area (Å²) in [6.07, 6.45) is 0. The molecule has 3 amide bonds. The molecule has 1 N–H and O–H groups in total. The van der Waals surface area contributed by atoms with E-state index < -0.39 is 4.87 Å². The van der Waals surface area contributed by atoms with Crippen molar-refractivity contribution in [2.75, 3.05) is 27.4 Å². The van der Waals surface area contributed by atoms with E-state index in [9.17, 15) is 14.4 Å². The number of carbonyl (C=O) groups excluding carboxylic acids is 3. The summed E-state index contributed by atoms with van der Waals surface area (Å²) < 4.78 is 0. The van der Waals surface area contributed by atoms with Crippen molar-refractivity contribution in [1.29, 1.82) is 0 Å². The first-order chi connectivity index (χ1) is 16.3. The van der Waals surface area contributed by atoms with Crippen LogP contribution in [0.2, 0.25) is 0 Å². The summed E-state index contributed by atoms with van der Waals surface area (Å²) >= 11 is 1.31. The minimum absolute atomic E-state index is 0.125. The molecular formula is C27H25N3O3S. The Morgan fingerprint density at radius 3 is 2.50 bits per heavy atom. The van der Waals surface area contributed by atoms with Crippen LogP contribution >= 0.6 is 11.8 Å². The third-order valence-electron chi connectivity index (χ3n) is 6.28. The van der Waals surface area contributed by atoms with E-state index in [1.807, 2.05) is 87.5 Å². The van der Waals surface area contributed by atoms with Crippen LogP contribution in [0.4, 0.5) is 17.1 Å². The second kappa shape index (κ2) is 8.33. The molecule has 0 aliphatic carbocycles. The van der Waals surface area contributed by atoms with E-state index >= 15 is 0 Å². The Bertz CT molecular complexity index is 1340. The summed E-state index contributed by atoms with van der Waals surface area (Å²) in [7, 11) is 0. The van der Waals surface area contributed by atoms with Gasteiger partial charge in [0.15, 0.2) is 0 Å². The van der Waals surface area contributed by atoms with Crippen LogP contribution in [0.15, 0.2) is 66.7 Å². The van der Waals surface area contributed by atoms with Crippen LogP contribution in [0, 0.1) is 20.8 Å². The van der Waals surface area contributed by atoms with Gasteiger partial charge in [0.25, 0.3) is 5.91 Å². The Hall–Kier alpha value is -3.58. The Kier molecular flexibility index (Phi) is 5.44. The number of fused-ring (bicyclic) bond motifs is 2. The van der Waals surface area contributed by atoms with Crippen molar-refractivity contribution in [3.05, 3.63) is 89.0 Å². The van der Waals surface area contributed by atoms with Gasteiger partial charge in [0, 0.05) is 16.9 Å². The average molecular weight is 472 g/mol. The molecule has 1 fully saturated rings. The molecule has 2 aliphatic heterocycles. The van der Waals surface area contributed by atoms with Gasteiger partial charge in [-0.15, -0.1) is 11.8 Å². The average Bonchev–Trinajstić information content (AvgIpc) is 3.27. The van der Waals surface area contributed by atoms with Crippen LogP contribution in [0.3, 0.4) is 0 Å². The van der Waals surface area contributed by atoms with E-state index in [1.165, 1.54) is 16.7 Å². The number of benzene rings is 3. The fourth-order valence-electron chi connectivity index (χ4n) is 4.77. The van der Waals surface area contributed by atoms with Crippen molar-refractivity contribution in [3.63, 3.8) is 0 Å². The molecule has 0 radical (unpaired) electrons. The lowest BCUT2D eigenvalue weighted by molar-refractivity contribution is -0.124. The number of aryl methyl sites for hydroxylation is 3. The number of nitrogens with zero attached hydrogens (tertiary/aromatic N) is 2. The van der Waals surface area contributed by atoms with Gasteiger partial charge in [-0.2, -0.15) is 0 Å². The first-order valence-electron chi connectivity index (χ1n) is 11.1. The molecule has 3 aromatic carbocycles. The lowest BCUT2D eigenvalue weighted by atomic mass is 10.0. The van der Waals surface area contributed by atoms with E-state index in [0.717, 1.165) is 27.9 Å². The molecule has 0 aromatic heterocycles. The molecule has 2 heterocycles. The summed E-state index contributed by atoms with van der Waals surface area (Å²) in [6.45, 7) is 5.76. The molecule has 0 unspecified atom stereocenters. The van der Waals surface area contributed by atoms with Crippen LogP contribution in [-0.2, 0) is 19.3 Å². The van der Waals surface area contributed by atoms with Crippen molar-refractivity contribution < 1.29 is 14.4 Å². The van der Waals surface area contributed by atoms with Gasteiger partial charge in [0.1, 0.15) is 6.54 Å². The van der Waals surface area contributed by atoms with Crippen molar-refractivity contribution in [2.45, 2.75) is 25.6 Å². The van der Waals surface area contributed by atoms with Gasteiger partial charge in [-0.05, 0) is 56.2 Å². The Labute approximate surface area is 202 Å². The zero-order valence-electron chi connectivity index (χ0n) is 19.3. The predicted molar refractivity (Wildman–Crippen MR) is 136 cm³/mol. The molecule has 34 heavy (non-hydrogen) atoms. The SMILES string of the molecule is Cc1cccc(N2C(=O)CS[C@]23C(=O)N(CC(=O)Nc2ccc(C)cc2C)c2ccccc23)c1. The third kappa shape index (κ3) is 3.47. The van der Waals surface area contributed by atoms with Crippen molar-refractivity contribution in [3.8, 4) is 0 Å². The van der Waals surface area contributed by atoms with Gasteiger partial charge in [0.05, 0.1) is 11.4 Å². The zero-order chi connectivity index (χ0) is 24.0. The minimum Gasteiger partial charge on any atom is -0.324 e. The number of hydrogen-bond donors (Lipinski definition) is 1. The first-order valence-corrected chi connectivity index (χ1v) is 12.1. The van der Waals surface area contributed by atoms with Crippen molar-refractivity contribution in [2.24, 2.45) is 0 Å². The Morgan fingerprint density at radius 2 is 1.74 bits per heavy atom. The van der Waals surface area contributed by atoms with Gasteiger partial charge in [-0.25, -0.2) is 0 Å². The molecule has 1 saturated heterocycles. The second-order valence-corrected chi connectivity index (χ2v) is 9.94.